The van der Waals surface area contributed by atoms with Gasteiger partial charge in [-0.15, -0.1) is 11.3 Å². The van der Waals surface area contributed by atoms with E-state index in [0.717, 1.165) is 16.6 Å². The van der Waals surface area contributed by atoms with E-state index in [1.807, 2.05) is 30.3 Å². The van der Waals surface area contributed by atoms with E-state index >= 15 is 0 Å². The van der Waals surface area contributed by atoms with Gasteiger partial charge in [-0.3, -0.25) is 4.79 Å². The van der Waals surface area contributed by atoms with E-state index in [9.17, 15) is 4.79 Å². The first-order chi connectivity index (χ1) is 12.1. The molecule has 0 saturated carbocycles. The normalized spacial score (nSPS) is 16.8. The van der Waals surface area contributed by atoms with Gasteiger partial charge in [-0.1, -0.05) is 49.0 Å². The van der Waals surface area contributed by atoms with Crippen LogP contribution in [-0.4, -0.2) is 21.5 Å². The van der Waals surface area contributed by atoms with Crippen LogP contribution in [0.3, 0.4) is 0 Å². The number of thiophene rings is 1. The van der Waals surface area contributed by atoms with Crippen molar-refractivity contribution in [3.8, 4) is 0 Å². The fourth-order valence-electron chi connectivity index (χ4n) is 3.40. The lowest BCUT2D eigenvalue weighted by Gasteiger charge is -2.18. The number of hydrogen-bond acceptors (Lipinski definition) is 6. The van der Waals surface area contributed by atoms with Crippen LogP contribution < -0.4 is 5.73 Å². The number of carbonyl (C=O) groups is 1. The number of ketones is 1. The highest BCUT2D eigenvalue weighted by molar-refractivity contribution is 7.99. The zero-order valence-electron chi connectivity index (χ0n) is 14.0. The first-order valence-electron chi connectivity index (χ1n) is 8.43. The van der Waals surface area contributed by atoms with Crippen molar-refractivity contribution in [1.29, 1.82) is 0 Å². The van der Waals surface area contributed by atoms with Crippen LogP contribution in [0, 0.1) is 0 Å². The third kappa shape index (κ3) is 3.16. The molecule has 0 spiro atoms. The van der Waals surface area contributed by atoms with Crippen LogP contribution in [0.5, 0.6) is 0 Å². The molecule has 2 N–H and O–H groups in total. The van der Waals surface area contributed by atoms with Crippen molar-refractivity contribution in [1.82, 2.24) is 9.97 Å². The van der Waals surface area contributed by atoms with Gasteiger partial charge in [0, 0.05) is 10.4 Å². The minimum atomic E-state index is 0.0759. The lowest BCUT2D eigenvalue weighted by molar-refractivity contribution is 0.102. The molecule has 1 unspecified atom stereocenters. The molecule has 1 aromatic carbocycles. The molecule has 0 aliphatic heterocycles. The molecule has 1 aliphatic rings. The summed E-state index contributed by atoms with van der Waals surface area (Å²) >= 11 is 3.09. The maximum atomic E-state index is 12.3. The van der Waals surface area contributed by atoms with Crippen LogP contribution in [0.1, 0.15) is 46.5 Å². The molecule has 0 fully saturated rings. The van der Waals surface area contributed by atoms with E-state index in [4.69, 9.17) is 5.73 Å². The Bertz CT molecular complexity index is 937. The van der Waals surface area contributed by atoms with Crippen molar-refractivity contribution in [3.05, 3.63) is 46.3 Å². The number of aryl methyl sites for hydroxylation is 1. The summed E-state index contributed by atoms with van der Waals surface area (Å²) in [6.45, 7) is 2.25. The van der Waals surface area contributed by atoms with Crippen LogP contribution in [0.4, 0.5) is 5.82 Å². The third-order valence-corrected chi connectivity index (χ3v) is 6.64. The van der Waals surface area contributed by atoms with Crippen LogP contribution in [0.2, 0.25) is 0 Å². The number of rotatable bonds is 4. The number of carbonyl (C=O) groups excluding carboxylic acids is 1. The number of aromatic nitrogens is 2. The van der Waals surface area contributed by atoms with E-state index in [1.165, 1.54) is 35.0 Å². The lowest BCUT2D eigenvalue weighted by Crippen LogP contribution is -2.06. The molecule has 4 nitrogen and oxygen atoms in total. The molecule has 25 heavy (non-hydrogen) atoms. The lowest BCUT2D eigenvalue weighted by atomic mass is 9.87. The monoisotopic (exact) mass is 369 g/mol. The van der Waals surface area contributed by atoms with E-state index in [1.54, 1.807) is 11.3 Å². The summed E-state index contributed by atoms with van der Waals surface area (Å²) in [5.74, 6) is 1.45. The number of fused-ring (bicyclic) bond motifs is 3. The summed E-state index contributed by atoms with van der Waals surface area (Å²) in [5.41, 5.74) is 8.32. The summed E-state index contributed by atoms with van der Waals surface area (Å²) in [5, 5.41) is 1.62. The Morgan fingerprint density at radius 3 is 2.92 bits per heavy atom. The second-order valence-electron chi connectivity index (χ2n) is 6.38. The van der Waals surface area contributed by atoms with Crippen LogP contribution in [0.15, 0.2) is 35.5 Å². The fraction of sp³-hybridized carbons (Fsp3) is 0.316. The van der Waals surface area contributed by atoms with Crippen LogP contribution in [0.25, 0.3) is 10.2 Å². The number of nitrogens with zero attached hydrogens (tertiary/aromatic N) is 2. The van der Waals surface area contributed by atoms with Gasteiger partial charge in [0.2, 0.25) is 0 Å². The number of nitrogen functional groups attached to an aromatic ring is 1. The van der Waals surface area contributed by atoms with Crippen molar-refractivity contribution < 1.29 is 4.79 Å². The van der Waals surface area contributed by atoms with Gasteiger partial charge in [-0.25, -0.2) is 9.97 Å². The van der Waals surface area contributed by atoms with E-state index in [0.29, 0.717) is 28.2 Å². The highest BCUT2D eigenvalue weighted by Crippen LogP contribution is 2.43. The molecular weight excluding hydrogens is 350 g/mol. The van der Waals surface area contributed by atoms with Crippen molar-refractivity contribution in [2.24, 2.45) is 0 Å². The topological polar surface area (TPSA) is 68.9 Å². The molecular formula is C19H19N3OS2. The highest BCUT2D eigenvalue weighted by Gasteiger charge is 2.25. The molecule has 0 radical (unpaired) electrons. The van der Waals surface area contributed by atoms with E-state index in [2.05, 4.69) is 16.9 Å². The average molecular weight is 370 g/mol. The van der Waals surface area contributed by atoms with Gasteiger partial charge in [0.15, 0.2) is 10.9 Å². The molecule has 0 saturated heterocycles. The van der Waals surface area contributed by atoms with Gasteiger partial charge >= 0.3 is 0 Å². The van der Waals surface area contributed by atoms with Gasteiger partial charge in [-0.05, 0) is 30.7 Å². The summed E-state index contributed by atoms with van der Waals surface area (Å²) in [6, 6.07) is 9.30. The first-order valence-corrected chi connectivity index (χ1v) is 10.2. The summed E-state index contributed by atoms with van der Waals surface area (Å²) in [7, 11) is 0. The van der Waals surface area contributed by atoms with Gasteiger partial charge < -0.3 is 5.73 Å². The standard InChI is InChI=1S/C19H19N3OS2/c1-11-6-5-9-14-15(11)16-17(20)21-19(22-18(16)25-14)24-10-13(23)12-7-3-2-4-8-12/h2-4,7-8,11H,5-6,9-10H2,1H3,(H2,20,21,22). The van der Waals surface area contributed by atoms with Gasteiger partial charge in [0.1, 0.15) is 10.6 Å². The third-order valence-electron chi connectivity index (χ3n) is 4.63. The van der Waals surface area contributed by atoms with Crippen LogP contribution >= 0.6 is 23.1 Å². The quantitative estimate of drug-likeness (QED) is 0.410. The number of nitrogens with two attached hydrogens (primary N) is 1. The molecule has 0 bridgehead atoms. The predicted octanol–water partition coefficient (Wildman–Crippen LogP) is 4.69. The molecule has 128 valence electrons. The molecule has 4 rings (SSSR count). The number of thioether (sulfide) groups is 1. The van der Waals surface area contributed by atoms with E-state index in [-0.39, 0.29) is 5.78 Å². The van der Waals surface area contributed by atoms with Gasteiger partial charge in [-0.2, -0.15) is 0 Å². The molecule has 1 atom stereocenters. The minimum absolute atomic E-state index is 0.0759. The molecule has 6 heteroatoms. The largest absolute Gasteiger partial charge is 0.383 e. The number of anilines is 1. The summed E-state index contributed by atoms with van der Waals surface area (Å²) in [6.07, 6.45) is 3.52. The fourth-order valence-corrected chi connectivity index (χ4v) is 5.54. The van der Waals surface area contributed by atoms with Gasteiger partial charge in [0.25, 0.3) is 0 Å². The predicted molar refractivity (Wildman–Crippen MR) is 105 cm³/mol. The molecule has 0 amide bonds. The van der Waals surface area contributed by atoms with Crippen molar-refractivity contribution >= 4 is 44.9 Å². The molecule has 3 aromatic rings. The smallest absolute Gasteiger partial charge is 0.191 e. The molecule has 2 aromatic heterocycles. The second kappa shape index (κ2) is 6.77. The Hall–Kier alpha value is -1.92. The Balaban J connectivity index is 1.60. The maximum absolute atomic E-state index is 12.3. The minimum Gasteiger partial charge on any atom is -0.383 e. The van der Waals surface area contributed by atoms with Gasteiger partial charge in [0.05, 0.1) is 11.1 Å². The summed E-state index contributed by atoms with van der Waals surface area (Å²) in [4.78, 5) is 23.8. The molecule has 1 aliphatic carbocycles. The zero-order chi connectivity index (χ0) is 17.4. The second-order valence-corrected chi connectivity index (χ2v) is 8.41. The Kier molecular flexibility index (Phi) is 4.48. The van der Waals surface area contributed by atoms with Crippen molar-refractivity contribution in [2.45, 2.75) is 37.3 Å². The SMILES string of the molecule is CC1CCCc2sc3nc(SCC(=O)c4ccccc4)nc(N)c3c21. The van der Waals surface area contributed by atoms with Crippen molar-refractivity contribution in [3.63, 3.8) is 0 Å². The Morgan fingerprint density at radius 2 is 2.12 bits per heavy atom. The Morgan fingerprint density at radius 1 is 1.32 bits per heavy atom. The molecule has 2 heterocycles. The Labute approximate surface area is 154 Å². The maximum Gasteiger partial charge on any atom is 0.191 e. The highest BCUT2D eigenvalue weighted by atomic mass is 32.2. The first kappa shape index (κ1) is 16.5. The van der Waals surface area contributed by atoms with E-state index < -0.39 is 0 Å². The number of benzene rings is 1. The zero-order valence-corrected chi connectivity index (χ0v) is 15.6. The van der Waals surface area contributed by atoms with Crippen LogP contribution in [-0.2, 0) is 6.42 Å². The van der Waals surface area contributed by atoms with Crippen molar-refractivity contribution in [2.75, 3.05) is 11.5 Å². The number of Topliss-reactive ketones (excluding diaryl/α,β-unsaturated/α-hetero) is 1. The summed E-state index contributed by atoms with van der Waals surface area (Å²) < 4.78 is 0. The number of hydrogen-bond donors (Lipinski definition) is 1. The average Bonchev–Trinajstić information content (AvgIpc) is 3.00.